The fourth-order valence-corrected chi connectivity index (χ4v) is 2.77. The van der Waals surface area contributed by atoms with Gasteiger partial charge < -0.3 is 14.8 Å². The van der Waals surface area contributed by atoms with Gasteiger partial charge >= 0.3 is 6.03 Å². The highest BCUT2D eigenvalue weighted by molar-refractivity contribution is 6.03. The summed E-state index contributed by atoms with van der Waals surface area (Å²) in [5.74, 6) is 1.40. The van der Waals surface area contributed by atoms with E-state index in [-0.39, 0.29) is 12.1 Å². The Labute approximate surface area is 142 Å². The van der Waals surface area contributed by atoms with Crippen molar-refractivity contribution in [3.8, 4) is 11.5 Å². The molecule has 0 spiro atoms. The van der Waals surface area contributed by atoms with Crippen molar-refractivity contribution >= 4 is 17.4 Å². The van der Waals surface area contributed by atoms with E-state index in [2.05, 4.69) is 5.32 Å². The number of rotatable bonds is 3. The molecule has 1 N–H and O–H groups in total. The molecule has 0 unspecified atom stereocenters. The molecule has 2 amide bonds. The topological polar surface area (TPSA) is 50.8 Å². The van der Waals surface area contributed by atoms with Crippen molar-refractivity contribution in [3.63, 3.8) is 0 Å². The molecule has 0 aromatic heterocycles. The fraction of sp³-hybridized carbons (Fsp3) is 0.316. The van der Waals surface area contributed by atoms with Crippen LogP contribution in [0.4, 0.5) is 16.2 Å². The maximum absolute atomic E-state index is 12.8. The molecule has 2 aromatic rings. The molecular weight excluding hydrogens is 304 g/mol. The summed E-state index contributed by atoms with van der Waals surface area (Å²) < 4.78 is 11.4. The zero-order chi connectivity index (χ0) is 17.1. The Morgan fingerprint density at radius 3 is 2.92 bits per heavy atom. The average molecular weight is 326 g/mol. The summed E-state index contributed by atoms with van der Waals surface area (Å²) in [7, 11) is 0. The largest absolute Gasteiger partial charge is 0.492 e. The van der Waals surface area contributed by atoms with Gasteiger partial charge in [0.2, 0.25) is 0 Å². The van der Waals surface area contributed by atoms with Gasteiger partial charge in [0, 0.05) is 0 Å². The van der Waals surface area contributed by atoms with E-state index in [1.165, 1.54) is 0 Å². The van der Waals surface area contributed by atoms with Crippen molar-refractivity contribution < 1.29 is 14.3 Å². The third kappa shape index (κ3) is 3.30. The number of carbonyl (C=O) groups excluding carboxylic acids is 1. The number of fused-ring (bicyclic) bond motifs is 1. The third-order valence-electron chi connectivity index (χ3n) is 3.85. The second-order valence-electron chi connectivity index (χ2n) is 5.87. The van der Waals surface area contributed by atoms with E-state index in [0.29, 0.717) is 24.6 Å². The van der Waals surface area contributed by atoms with Crippen LogP contribution in [0, 0.1) is 6.92 Å². The minimum absolute atomic E-state index is 0.0620. The van der Waals surface area contributed by atoms with E-state index in [4.69, 9.17) is 9.47 Å². The Bertz CT molecular complexity index is 745. The number of carbonyl (C=O) groups is 1. The summed E-state index contributed by atoms with van der Waals surface area (Å²) in [6.07, 6.45) is -0.0620. The maximum atomic E-state index is 12.8. The number of urea groups is 1. The zero-order valence-corrected chi connectivity index (χ0v) is 14.2. The summed E-state index contributed by atoms with van der Waals surface area (Å²) in [6, 6.07) is 13.1. The molecule has 5 nitrogen and oxygen atoms in total. The molecule has 0 radical (unpaired) electrons. The molecule has 1 atom stereocenters. The maximum Gasteiger partial charge on any atom is 0.326 e. The fourth-order valence-electron chi connectivity index (χ4n) is 2.77. The lowest BCUT2D eigenvalue weighted by atomic mass is 10.1. The van der Waals surface area contributed by atoms with Crippen molar-refractivity contribution in [1.29, 1.82) is 0 Å². The molecule has 1 aliphatic heterocycles. The number of hydrogen-bond donors (Lipinski definition) is 1. The predicted octanol–water partition coefficient (Wildman–Crippen LogP) is 4.21. The Hall–Kier alpha value is -2.69. The molecule has 5 heteroatoms. The molecule has 24 heavy (non-hydrogen) atoms. The first-order valence-corrected chi connectivity index (χ1v) is 8.16. The second-order valence-corrected chi connectivity index (χ2v) is 5.87. The van der Waals surface area contributed by atoms with Gasteiger partial charge in [-0.2, -0.15) is 0 Å². The predicted molar refractivity (Wildman–Crippen MR) is 95.2 cm³/mol. The number of benzene rings is 2. The van der Waals surface area contributed by atoms with Gasteiger partial charge in [-0.25, -0.2) is 4.79 Å². The quantitative estimate of drug-likeness (QED) is 0.919. The molecule has 126 valence electrons. The smallest absolute Gasteiger partial charge is 0.326 e. The Morgan fingerprint density at radius 2 is 2.12 bits per heavy atom. The van der Waals surface area contributed by atoms with Gasteiger partial charge in [0.1, 0.15) is 17.6 Å². The molecule has 1 heterocycles. The van der Waals surface area contributed by atoms with Gasteiger partial charge in [-0.3, -0.25) is 4.90 Å². The SMILES string of the molecule is CCOc1ccccc1NC(=O)N1C[C@H](C)Oc2ccc(C)cc21. The lowest BCUT2D eigenvalue weighted by molar-refractivity contribution is 0.208. The lowest BCUT2D eigenvalue weighted by Crippen LogP contribution is -2.44. The van der Waals surface area contributed by atoms with Crippen LogP contribution < -0.4 is 19.7 Å². The number of amides is 2. The van der Waals surface area contributed by atoms with Gasteiger partial charge in [-0.15, -0.1) is 0 Å². The summed E-state index contributed by atoms with van der Waals surface area (Å²) in [5, 5.41) is 2.95. The number of nitrogens with one attached hydrogen (secondary N) is 1. The Kier molecular flexibility index (Phi) is 4.60. The monoisotopic (exact) mass is 326 g/mol. The van der Waals surface area contributed by atoms with Crippen molar-refractivity contribution in [2.45, 2.75) is 26.9 Å². The van der Waals surface area contributed by atoms with Crippen LogP contribution >= 0.6 is 0 Å². The van der Waals surface area contributed by atoms with E-state index in [9.17, 15) is 4.79 Å². The molecule has 3 rings (SSSR count). The summed E-state index contributed by atoms with van der Waals surface area (Å²) in [5.41, 5.74) is 2.54. The molecule has 0 saturated heterocycles. The summed E-state index contributed by atoms with van der Waals surface area (Å²) >= 11 is 0. The first kappa shape index (κ1) is 16.2. The van der Waals surface area contributed by atoms with Crippen LogP contribution in [0.3, 0.4) is 0 Å². The highest BCUT2D eigenvalue weighted by Crippen LogP contribution is 2.35. The molecule has 0 aliphatic carbocycles. The Balaban J connectivity index is 1.87. The first-order chi connectivity index (χ1) is 11.6. The molecule has 0 fully saturated rings. The average Bonchev–Trinajstić information content (AvgIpc) is 2.56. The van der Waals surface area contributed by atoms with Crippen LogP contribution in [0.15, 0.2) is 42.5 Å². The van der Waals surface area contributed by atoms with Crippen LogP contribution in [-0.4, -0.2) is 25.3 Å². The van der Waals surface area contributed by atoms with Crippen LogP contribution in [0.1, 0.15) is 19.4 Å². The number of nitrogens with zero attached hydrogens (tertiary/aromatic N) is 1. The second kappa shape index (κ2) is 6.83. The van der Waals surface area contributed by atoms with Crippen molar-refractivity contribution in [2.24, 2.45) is 0 Å². The summed E-state index contributed by atoms with van der Waals surface area (Å²) in [4.78, 5) is 14.6. The van der Waals surface area contributed by atoms with Gasteiger partial charge in [0.15, 0.2) is 0 Å². The lowest BCUT2D eigenvalue weighted by Gasteiger charge is -2.33. The molecule has 0 saturated carbocycles. The Morgan fingerprint density at radius 1 is 1.33 bits per heavy atom. The van der Waals surface area contributed by atoms with Gasteiger partial charge in [0.25, 0.3) is 0 Å². The van der Waals surface area contributed by atoms with Crippen LogP contribution in [0.5, 0.6) is 11.5 Å². The van der Waals surface area contributed by atoms with Gasteiger partial charge in [-0.05, 0) is 50.6 Å². The number of aryl methyl sites for hydroxylation is 1. The van der Waals surface area contributed by atoms with E-state index in [1.807, 2.05) is 63.2 Å². The van der Waals surface area contributed by atoms with Gasteiger partial charge in [0.05, 0.1) is 24.5 Å². The van der Waals surface area contributed by atoms with Crippen LogP contribution in [-0.2, 0) is 0 Å². The molecule has 1 aliphatic rings. The number of hydrogen-bond acceptors (Lipinski definition) is 3. The van der Waals surface area contributed by atoms with Gasteiger partial charge in [-0.1, -0.05) is 18.2 Å². The van der Waals surface area contributed by atoms with E-state index < -0.39 is 0 Å². The van der Waals surface area contributed by atoms with E-state index in [1.54, 1.807) is 4.90 Å². The molecule has 2 aromatic carbocycles. The molecular formula is C19H22N2O3. The summed E-state index contributed by atoms with van der Waals surface area (Å²) in [6.45, 7) is 6.92. The van der Waals surface area contributed by atoms with Crippen molar-refractivity contribution in [3.05, 3.63) is 48.0 Å². The van der Waals surface area contributed by atoms with Crippen molar-refractivity contribution in [1.82, 2.24) is 0 Å². The number of ether oxygens (including phenoxy) is 2. The normalized spacial score (nSPS) is 16.1. The number of para-hydroxylation sites is 2. The minimum Gasteiger partial charge on any atom is -0.492 e. The zero-order valence-electron chi connectivity index (χ0n) is 14.2. The molecule has 0 bridgehead atoms. The minimum atomic E-state index is -0.191. The highest BCUT2D eigenvalue weighted by atomic mass is 16.5. The van der Waals surface area contributed by atoms with E-state index >= 15 is 0 Å². The van der Waals surface area contributed by atoms with Crippen molar-refractivity contribution in [2.75, 3.05) is 23.4 Å². The highest BCUT2D eigenvalue weighted by Gasteiger charge is 2.28. The number of anilines is 2. The third-order valence-corrected chi connectivity index (χ3v) is 3.85. The van der Waals surface area contributed by atoms with Crippen LogP contribution in [0.25, 0.3) is 0 Å². The first-order valence-electron chi connectivity index (χ1n) is 8.16. The van der Waals surface area contributed by atoms with Crippen LogP contribution in [0.2, 0.25) is 0 Å². The van der Waals surface area contributed by atoms with E-state index in [0.717, 1.165) is 17.0 Å². The standard InChI is InChI=1S/C19H22N2O3/c1-4-23-17-8-6-5-7-15(17)20-19(22)21-12-14(3)24-18-10-9-13(2)11-16(18)21/h5-11,14H,4,12H2,1-3H3,(H,20,22)/t14-/m0/s1.